The van der Waals surface area contributed by atoms with E-state index in [1.807, 2.05) is 34.5 Å². The second kappa shape index (κ2) is 7.22. The van der Waals surface area contributed by atoms with Gasteiger partial charge in [0.05, 0.1) is 5.51 Å². The van der Waals surface area contributed by atoms with E-state index >= 15 is 0 Å². The molecule has 1 aromatic carbocycles. The third kappa shape index (κ3) is 3.66. The van der Waals surface area contributed by atoms with Crippen LogP contribution >= 0.6 is 22.9 Å². The number of piperidine rings is 1. The first-order chi connectivity index (χ1) is 10.7. The number of carbonyl (C=O) groups is 1. The Labute approximate surface area is 139 Å². The van der Waals surface area contributed by atoms with Crippen molar-refractivity contribution in [1.82, 2.24) is 15.2 Å². The lowest BCUT2D eigenvalue weighted by Gasteiger charge is -2.34. The predicted octanol–water partition coefficient (Wildman–Crippen LogP) is 3.19. The van der Waals surface area contributed by atoms with E-state index in [1.54, 1.807) is 5.51 Å². The van der Waals surface area contributed by atoms with Crippen LogP contribution in [0.2, 0.25) is 5.02 Å². The Morgan fingerprint density at radius 2 is 2.23 bits per heavy atom. The molecular weight excluding hydrogens is 318 g/mol. The highest BCUT2D eigenvalue weighted by Gasteiger charge is 2.27. The van der Waals surface area contributed by atoms with E-state index in [1.165, 1.54) is 11.3 Å². The molecule has 1 aliphatic heterocycles. The van der Waals surface area contributed by atoms with Gasteiger partial charge in [0, 0.05) is 23.0 Å². The SMILES string of the molecule is O=C(c1cscn1)N(Cc1cccc(Cl)c1)C1CCNCC1. The van der Waals surface area contributed by atoms with Crippen molar-refractivity contribution in [3.63, 3.8) is 0 Å². The molecule has 2 heterocycles. The number of thiazole rings is 1. The summed E-state index contributed by atoms with van der Waals surface area (Å²) < 4.78 is 0. The molecule has 22 heavy (non-hydrogen) atoms. The average molecular weight is 336 g/mol. The summed E-state index contributed by atoms with van der Waals surface area (Å²) in [4.78, 5) is 18.9. The van der Waals surface area contributed by atoms with Crippen molar-refractivity contribution < 1.29 is 4.79 Å². The smallest absolute Gasteiger partial charge is 0.273 e. The van der Waals surface area contributed by atoms with Gasteiger partial charge in [0.25, 0.3) is 5.91 Å². The Morgan fingerprint density at radius 3 is 2.91 bits per heavy atom. The van der Waals surface area contributed by atoms with Gasteiger partial charge in [0.2, 0.25) is 0 Å². The molecule has 6 heteroatoms. The predicted molar refractivity (Wildman–Crippen MR) is 89.3 cm³/mol. The van der Waals surface area contributed by atoms with Gasteiger partial charge in [-0.25, -0.2) is 4.98 Å². The van der Waals surface area contributed by atoms with Gasteiger partial charge in [-0.2, -0.15) is 0 Å². The highest BCUT2D eigenvalue weighted by Crippen LogP contribution is 2.20. The van der Waals surface area contributed by atoms with Gasteiger partial charge in [-0.1, -0.05) is 23.7 Å². The molecule has 1 fully saturated rings. The van der Waals surface area contributed by atoms with Crippen LogP contribution in [0.4, 0.5) is 0 Å². The zero-order chi connectivity index (χ0) is 15.4. The van der Waals surface area contributed by atoms with Crippen molar-refractivity contribution in [3.05, 3.63) is 51.4 Å². The molecule has 0 saturated carbocycles. The Bertz CT molecular complexity index is 626. The summed E-state index contributed by atoms with van der Waals surface area (Å²) in [6, 6.07) is 7.95. The molecule has 0 spiro atoms. The Morgan fingerprint density at radius 1 is 1.41 bits per heavy atom. The summed E-state index contributed by atoms with van der Waals surface area (Å²) in [6.07, 6.45) is 1.94. The average Bonchev–Trinajstić information content (AvgIpc) is 3.07. The lowest BCUT2D eigenvalue weighted by Crippen LogP contribution is -2.45. The summed E-state index contributed by atoms with van der Waals surface area (Å²) in [7, 11) is 0. The molecule has 1 aliphatic rings. The first kappa shape index (κ1) is 15.5. The van der Waals surface area contributed by atoms with E-state index in [0.29, 0.717) is 17.3 Å². The number of nitrogens with one attached hydrogen (secondary N) is 1. The third-order valence-corrected chi connectivity index (χ3v) is 4.73. The number of carbonyl (C=O) groups excluding carboxylic acids is 1. The maximum Gasteiger partial charge on any atom is 0.273 e. The van der Waals surface area contributed by atoms with Crippen LogP contribution in [0.15, 0.2) is 35.2 Å². The van der Waals surface area contributed by atoms with Crippen LogP contribution in [0, 0.1) is 0 Å². The fourth-order valence-electron chi connectivity index (χ4n) is 2.78. The standard InChI is InChI=1S/C16H18ClN3OS/c17-13-3-1-2-12(8-13)9-20(14-4-6-18-7-5-14)16(21)15-10-22-11-19-15/h1-3,8,10-11,14,18H,4-7,9H2. The molecule has 0 radical (unpaired) electrons. The monoisotopic (exact) mass is 335 g/mol. The Hall–Kier alpha value is -1.43. The van der Waals surface area contributed by atoms with Crippen LogP contribution in [0.1, 0.15) is 28.9 Å². The van der Waals surface area contributed by atoms with Crippen LogP contribution in [-0.2, 0) is 6.54 Å². The molecule has 0 bridgehead atoms. The molecule has 116 valence electrons. The summed E-state index contributed by atoms with van der Waals surface area (Å²) in [5, 5.41) is 5.86. The number of halogens is 1. The number of nitrogens with zero attached hydrogens (tertiary/aromatic N) is 2. The van der Waals surface area contributed by atoms with Crippen molar-refractivity contribution in [1.29, 1.82) is 0 Å². The third-order valence-electron chi connectivity index (χ3n) is 3.90. The molecule has 2 aromatic rings. The van der Waals surface area contributed by atoms with Crippen molar-refractivity contribution in [2.24, 2.45) is 0 Å². The van der Waals surface area contributed by atoms with Gasteiger partial charge in [0.15, 0.2) is 0 Å². The fraction of sp³-hybridized carbons (Fsp3) is 0.375. The van der Waals surface area contributed by atoms with E-state index in [0.717, 1.165) is 31.5 Å². The van der Waals surface area contributed by atoms with E-state index in [2.05, 4.69) is 10.3 Å². The second-order valence-corrected chi connectivity index (χ2v) is 6.57. The molecule has 4 nitrogen and oxygen atoms in total. The fourth-order valence-corrected chi connectivity index (χ4v) is 3.52. The summed E-state index contributed by atoms with van der Waals surface area (Å²) in [6.45, 7) is 2.46. The Kier molecular flexibility index (Phi) is 5.08. The zero-order valence-corrected chi connectivity index (χ0v) is 13.7. The lowest BCUT2D eigenvalue weighted by atomic mass is 10.0. The largest absolute Gasteiger partial charge is 0.330 e. The van der Waals surface area contributed by atoms with E-state index < -0.39 is 0 Å². The highest BCUT2D eigenvalue weighted by molar-refractivity contribution is 7.07. The van der Waals surface area contributed by atoms with Crippen molar-refractivity contribution in [2.45, 2.75) is 25.4 Å². The van der Waals surface area contributed by atoms with E-state index in [-0.39, 0.29) is 11.9 Å². The van der Waals surface area contributed by atoms with Crippen LogP contribution in [0.3, 0.4) is 0 Å². The zero-order valence-electron chi connectivity index (χ0n) is 12.2. The molecule has 0 aliphatic carbocycles. The number of rotatable bonds is 4. The summed E-state index contributed by atoms with van der Waals surface area (Å²) >= 11 is 7.52. The summed E-state index contributed by atoms with van der Waals surface area (Å²) in [5.74, 6) is 0.00752. The Balaban J connectivity index is 1.83. The maximum absolute atomic E-state index is 12.8. The van der Waals surface area contributed by atoms with Crippen molar-refractivity contribution in [2.75, 3.05) is 13.1 Å². The first-order valence-electron chi connectivity index (χ1n) is 7.38. The molecule has 0 unspecified atom stereocenters. The molecule has 1 saturated heterocycles. The van der Waals surface area contributed by atoms with Gasteiger partial charge in [-0.05, 0) is 43.6 Å². The summed E-state index contributed by atoms with van der Waals surface area (Å²) in [5.41, 5.74) is 3.29. The second-order valence-electron chi connectivity index (χ2n) is 5.42. The lowest BCUT2D eigenvalue weighted by molar-refractivity contribution is 0.0618. The van der Waals surface area contributed by atoms with Crippen LogP contribution in [0.25, 0.3) is 0 Å². The molecular formula is C16H18ClN3OS. The number of hydrogen-bond acceptors (Lipinski definition) is 4. The quantitative estimate of drug-likeness (QED) is 0.933. The minimum Gasteiger partial charge on any atom is -0.330 e. The van der Waals surface area contributed by atoms with Crippen LogP contribution < -0.4 is 5.32 Å². The van der Waals surface area contributed by atoms with E-state index in [4.69, 9.17) is 11.6 Å². The molecule has 0 atom stereocenters. The van der Waals surface area contributed by atoms with Gasteiger partial charge in [0.1, 0.15) is 5.69 Å². The molecule has 1 amide bonds. The van der Waals surface area contributed by atoms with Crippen LogP contribution in [-0.4, -0.2) is 34.9 Å². The minimum absolute atomic E-state index is 0.00752. The molecule has 1 N–H and O–H groups in total. The van der Waals surface area contributed by atoms with Crippen molar-refractivity contribution >= 4 is 28.8 Å². The first-order valence-corrected chi connectivity index (χ1v) is 8.70. The number of amides is 1. The number of aromatic nitrogens is 1. The topological polar surface area (TPSA) is 45.2 Å². The molecule has 1 aromatic heterocycles. The normalized spacial score (nSPS) is 15.7. The van der Waals surface area contributed by atoms with Gasteiger partial charge in [-0.3, -0.25) is 4.79 Å². The van der Waals surface area contributed by atoms with Crippen LogP contribution in [0.5, 0.6) is 0 Å². The van der Waals surface area contributed by atoms with Crippen molar-refractivity contribution in [3.8, 4) is 0 Å². The highest BCUT2D eigenvalue weighted by atomic mass is 35.5. The number of benzene rings is 1. The minimum atomic E-state index is 0.00752. The number of hydrogen-bond donors (Lipinski definition) is 1. The van der Waals surface area contributed by atoms with Gasteiger partial charge in [-0.15, -0.1) is 11.3 Å². The maximum atomic E-state index is 12.8. The van der Waals surface area contributed by atoms with E-state index in [9.17, 15) is 4.79 Å². The van der Waals surface area contributed by atoms with Gasteiger partial charge < -0.3 is 10.2 Å². The van der Waals surface area contributed by atoms with Gasteiger partial charge >= 0.3 is 0 Å². The molecule has 3 rings (SSSR count).